The number of para-hydroxylation sites is 1. The first-order chi connectivity index (χ1) is 8.22. The highest BCUT2D eigenvalue weighted by atomic mass is 16.5. The molecule has 0 aliphatic carbocycles. The van der Waals surface area contributed by atoms with Crippen LogP contribution in [0.15, 0.2) is 48.5 Å². The van der Waals surface area contributed by atoms with Gasteiger partial charge in [-0.3, -0.25) is 0 Å². The molecule has 0 heterocycles. The van der Waals surface area contributed by atoms with Gasteiger partial charge in [-0.15, -0.1) is 0 Å². The van der Waals surface area contributed by atoms with Crippen LogP contribution >= 0.6 is 0 Å². The maximum atomic E-state index is 5.83. The van der Waals surface area contributed by atoms with Crippen LogP contribution in [0.4, 0.5) is 0 Å². The monoisotopic (exact) mass is 227 g/mol. The lowest BCUT2D eigenvalue weighted by atomic mass is 10.0. The van der Waals surface area contributed by atoms with Crippen molar-refractivity contribution in [2.75, 3.05) is 7.11 Å². The highest BCUT2D eigenvalue weighted by molar-refractivity contribution is 5.70. The van der Waals surface area contributed by atoms with Crippen molar-refractivity contribution in [1.29, 1.82) is 0 Å². The molecule has 0 radical (unpaired) electrons. The summed E-state index contributed by atoms with van der Waals surface area (Å²) >= 11 is 0. The fraction of sp³-hybridized carbons (Fsp3) is 0.200. The zero-order valence-corrected chi connectivity index (χ0v) is 10.2. The number of hydrogen-bond acceptors (Lipinski definition) is 2. The van der Waals surface area contributed by atoms with E-state index >= 15 is 0 Å². The average Bonchev–Trinajstić information content (AvgIpc) is 2.39. The zero-order valence-electron chi connectivity index (χ0n) is 10.2. The van der Waals surface area contributed by atoms with Crippen LogP contribution in [0, 0.1) is 0 Å². The fourth-order valence-corrected chi connectivity index (χ4v) is 1.85. The van der Waals surface area contributed by atoms with Crippen LogP contribution in [-0.4, -0.2) is 7.11 Å². The van der Waals surface area contributed by atoms with E-state index in [-0.39, 0.29) is 6.04 Å². The van der Waals surface area contributed by atoms with Crippen molar-refractivity contribution in [3.8, 4) is 16.9 Å². The van der Waals surface area contributed by atoms with Crippen LogP contribution in [0.2, 0.25) is 0 Å². The van der Waals surface area contributed by atoms with E-state index in [0.717, 1.165) is 22.4 Å². The van der Waals surface area contributed by atoms with Crippen LogP contribution in [0.1, 0.15) is 18.5 Å². The van der Waals surface area contributed by atoms with Gasteiger partial charge >= 0.3 is 0 Å². The largest absolute Gasteiger partial charge is 0.496 e. The topological polar surface area (TPSA) is 35.2 Å². The third-order valence-electron chi connectivity index (χ3n) is 2.85. The molecule has 1 atom stereocenters. The summed E-state index contributed by atoms with van der Waals surface area (Å²) in [6, 6.07) is 16.4. The maximum absolute atomic E-state index is 5.83. The number of nitrogens with two attached hydrogens (primary N) is 1. The molecule has 0 aromatic heterocycles. The van der Waals surface area contributed by atoms with Gasteiger partial charge in [0.2, 0.25) is 0 Å². The summed E-state index contributed by atoms with van der Waals surface area (Å²) in [6.07, 6.45) is 0. The van der Waals surface area contributed by atoms with E-state index in [1.807, 2.05) is 25.1 Å². The Morgan fingerprint density at radius 2 is 1.65 bits per heavy atom. The molecular weight excluding hydrogens is 210 g/mol. The third kappa shape index (κ3) is 2.48. The van der Waals surface area contributed by atoms with Gasteiger partial charge in [0.25, 0.3) is 0 Å². The van der Waals surface area contributed by atoms with Crippen molar-refractivity contribution in [2.45, 2.75) is 13.0 Å². The first kappa shape index (κ1) is 11.7. The number of rotatable bonds is 3. The second-order valence-electron chi connectivity index (χ2n) is 4.11. The van der Waals surface area contributed by atoms with E-state index in [1.54, 1.807) is 7.11 Å². The Bertz CT molecular complexity index is 489. The molecule has 17 heavy (non-hydrogen) atoms. The molecule has 88 valence electrons. The molecule has 0 spiro atoms. The summed E-state index contributed by atoms with van der Waals surface area (Å²) in [5.41, 5.74) is 9.22. The second kappa shape index (κ2) is 5.02. The summed E-state index contributed by atoms with van der Waals surface area (Å²) in [7, 11) is 1.69. The number of benzene rings is 2. The SMILES string of the molecule is COc1ccccc1-c1ccc([C@H](C)N)cc1. The first-order valence-electron chi connectivity index (χ1n) is 5.71. The summed E-state index contributed by atoms with van der Waals surface area (Å²) < 4.78 is 5.35. The van der Waals surface area contributed by atoms with Gasteiger partial charge in [-0.1, -0.05) is 42.5 Å². The molecule has 0 amide bonds. The van der Waals surface area contributed by atoms with Crippen molar-refractivity contribution in [1.82, 2.24) is 0 Å². The molecule has 2 heteroatoms. The molecule has 0 aliphatic rings. The normalized spacial score (nSPS) is 12.2. The number of hydrogen-bond donors (Lipinski definition) is 1. The van der Waals surface area contributed by atoms with Crippen molar-refractivity contribution in [3.05, 3.63) is 54.1 Å². The molecule has 0 aliphatic heterocycles. The van der Waals surface area contributed by atoms with Crippen LogP contribution in [0.25, 0.3) is 11.1 Å². The van der Waals surface area contributed by atoms with Gasteiger partial charge in [0.05, 0.1) is 7.11 Å². The quantitative estimate of drug-likeness (QED) is 0.872. The molecule has 2 N–H and O–H groups in total. The lowest BCUT2D eigenvalue weighted by Gasteiger charge is -2.10. The van der Waals surface area contributed by atoms with Gasteiger partial charge in [0.15, 0.2) is 0 Å². The predicted octanol–water partition coefficient (Wildman–Crippen LogP) is 3.38. The predicted molar refractivity (Wildman–Crippen MR) is 71.0 cm³/mol. The van der Waals surface area contributed by atoms with Crippen molar-refractivity contribution >= 4 is 0 Å². The van der Waals surface area contributed by atoms with E-state index < -0.39 is 0 Å². The van der Waals surface area contributed by atoms with Crippen molar-refractivity contribution in [2.24, 2.45) is 5.73 Å². The van der Waals surface area contributed by atoms with Gasteiger partial charge in [-0.05, 0) is 24.1 Å². The van der Waals surface area contributed by atoms with Crippen molar-refractivity contribution < 1.29 is 4.74 Å². The van der Waals surface area contributed by atoms with Gasteiger partial charge < -0.3 is 10.5 Å². The van der Waals surface area contributed by atoms with E-state index in [9.17, 15) is 0 Å². The van der Waals surface area contributed by atoms with Gasteiger partial charge in [0.1, 0.15) is 5.75 Å². The zero-order chi connectivity index (χ0) is 12.3. The Kier molecular flexibility index (Phi) is 3.45. The molecule has 0 bridgehead atoms. The Labute approximate surface area is 102 Å². The average molecular weight is 227 g/mol. The summed E-state index contributed by atoms with van der Waals surface area (Å²) in [4.78, 5) is 0. The second-order valence-corrected chi connectivity index (χ2v) is 4.11. The highest BCUT2D eigenvalue weighted by Crippen LogP contribution is 2.29. The lowest BCUT2D eigenvalue weighted by Crippen LogP contribution is -2.04. The minimum absolute atomic E-state index is 0.0710. The standard InChI is InChI=1S/C15H17NO/c1-11(16)12-7-9-13(10-8-12)14-5-3-4-6-15(14)17-2/h3-11H,16H2,1-2H3/t11-/m0/s1. The van der Waals surface area contributed by atoms with Crippen LogP contribution in [0.3, 0.4) is 0 Å². The minimum atomic E-state index is 0.0710. The minimum Gasteiger partial charge on any atom is -0.496 e. The smallest absolute Gasteiger partial charge is 0.126 e. The number of methoxy groups -OCH3 is 1. The van der Waals surface area contributed by atoms with E-state index in [4.69, 9.17) is 10.5 Å². The molecule has 0 fully saturated rings. The Hall–Kier alpha value is -1.80. The summed E-state index contributed by atoms with van der Waals surface area (Å²) in [5, 5.41) is 0. The first-order valence-corrected chi connectivity index (χ1v) is 5.71. The Morgan fingerprint density at radius 3 is 2.24 bits per heavy atom. The fourth-order valence-electron chi connectivity index (χ4n) is 1.85. The molecule has 0 unspecified atom stereocenters. The van der Waals surface area contributed by atoms with Crippen LogP contribution < -0.4 is 10.5 Å². The summed E-state index contributed by atoms with van der Waals surface area (Å²) in [6.45, 7) is 1.98. The van der Waals surface area contributed by atoms with E-state index in [1.165, 1.54) is 0 Å². The van der Waals surface area contributed by atoms with Gasteiger partial charge in [-0.2, -0.15) is 0 Å². The van der Waals surface area contributed by atoms with E-state index in [2.05, 4.69) is 30.3 Å². The van der Waals surface area contributed by atoms with Crippen LogP contribution in [0.5, 0.6) is 5.75 Å². The molecular formula is C15H17NO. The third-order valence-corrected chi connectivity index (χ3v) is 2.85. The maximum Gasteiger partial charge on any atom is 0.126 e. The Balaban J connectivity index is 2.40. The molecule has 2 aromatic rings. The molecule has 2 rings (SSSR count). The van der Waals surface area contributed by atoms with Crippen molar-refractivity contribution in [3.63, 3.8) is 0 Å². The number of ether oxygens (including phenoxy) is 1. The highest BCUT2D eigenvalue weighted by Gasteiger charge is 2.05. The molecule has 2 nitrogen and oxygen atoms in total. The molecule has 0 saturated carbocycles. The Morgan fingerprint density at radius 1 is 1.00 bits per heavy atom. The lowest BCUT2D eigenvalue weighted by molar-refractivity contribution is 0.416. The molecule has 0 saturated heterocycles. The van der Waals surface area contributed by atoms with Crippen LogP contribution in [-0.2, 0) is 0 Å². The molecule has 2 aromatic carbocycles. The van der Waals surface area contributed by atoms with E-state index in [0.29, 0.717) is 0 Å². The van der Waals surface area contributed by atoms with Gasteiger partial charge in [0, 0.05) is 11.6 Å². The summed E-state index contributed by atoms with van der Waals surface area (Å²) in [5.74, 6) is 0.890. The van der Waals surface area contributed by atoms with Gasteiger partial charge in [-0.25, -0.2) is 0 Å².